The van der Waals surface area contributed by atoms with Crippen molar-refractivity contribution in [2.45, 2.75) is 26.4 Å². The van der Waals surface area contributed by atoms with Gasteiger partial charge in [0, 0.05) is 5.69 Å². The van der Waals surface area contributed by atoms with Crippen molar-refractivity contribution in [3.05, 3.63) is 35.3 Å². The minimum Gasteiger partial charge on any atom is -0.497 e. The van der Waals surface area contributed by atoms with Crippen LogP contribution in [0.5, 0.6) is 5.75 Å². The number of hydrogen-bond acceptors (Lipinski definition) is 6. The lowest BCUT2D eigenvalue weighted by molar-refractivity contribution is 0.00750. The highest BCUT2D eigenvalue weighted by molar-refractivity contribution is 7.17. The lowest BCUT2D eigenvalue weighted by Crippen LogP contribution is -2.23. The third-order valence-electron chi connectivity index (χ3n) is 2.45. The summed E-state index contributed by atoms with van der Waals surface area (Å²) in [5.74, 6) is 0.428. The van der Waals surface area contributed by atoms with Gasteiger partial charge in [-0.3, -0.25) is 0 Å². The van der Waals surface area contributed by atoms with E-state index in [1.54, 1.807) is 7.11 Å². The Kier molecular flexibility index (Phi) is 4.47. The van der Waals surface area contributed by atoms with E-state index in [0.29, 0.717) is 10.0 Å². The molecule has 0 aliphatic rings. The van der Waals surface area contributed by atoms with Crippen molar-refractivity contribution in [3.8, 4) is 5.75 Å². The normalized spacial score (nSPS) is 11.0. The second-order valence-corrected chi connectivity index (χ2v) is 6.42. The summed E-state index contributed by atoms with van der Waals surface area (Å²) in [6.07, 6.45) is 1.52. The summed E-state index contributed by atoms with van der Waals surface area (Å²) >= 11 is 1.26. The molecule has 6 heteroatoms. The summed E-state index contributed by atoms with van der Waals surface area (Å²) in [6, 6.07) is 7.47. The molecule has 0 atom stereocenters. The van der Waals surface area contributed by atoms with E-state index in [-0.39, 0.29) is 5.97 Å². The Labute approximate surface area is 127 Å². The average Bonchev–Trinajstić information content (AvgIpc) is 2.86. The number of anilines is 2. The molecule has 0 bridgehead atoms. The van der Waals surface area contributed by atoms with Gasteiger partial charge in [-0.1, -0.05) is 11.3 Å². The number of rotatable bonds is 4. The lowest BCUT2D eigenvalue weighted by Gasteiger charge is -2.18. The number of nitrogens with zero attached hydrogens (tertiary/aromatic N) is 1. The monoisotopic (exact) mass is 306 g/mol. The van der Waals surface area contributed by atoms with Crippen molar-refractivity contribution < 1.29 is 14.3 Å². The number of hydrogen-bond donors (Lipinski definition) is 1. The van der Waals surface area contributed by atoms with Crippen molar-refractivity contribution in [2.75, 3.05) is 12.4 Å². The van der Waals surface area contributed by atoms with Crippen LogP contribution in [0.1, 0.15) is 30.4 Å². The van der Waals surface area contributed by atoms with Gasteiger partial charge in [-0.05, 0) is 45.0 Å². The van der Waals surface area contributed by atoms with Crippen LogP contribution in [-0.2, 0) is 4.74 Å². The smallest absolute Gasteiger partial charge is 0.350 e. The SMILES string of the molecule is COc1ccc(Nc2ncc(C(=O)OC(C)(C)C)s2)cc1. The first-order valence-corrected chi connectivity index (χ1v) is 7.29. The molecule has 1 aromatic carbocycles. The third kappa shape index (κ3) is 4.46. The molecule has 0 saturated carbocycles. The Hall–Kier alpha value is -2.08. The van der Waals surface area contributed by atoms with Gasteiger partial charge in [0.15, 0.2) is 5.13 Å². The number of carbonyl (C=O) groups is 1. The van der Waals surface area contributed by atoms with Gasteiger partial charge in [-0.25, -0.2) is 9.78 Å². The minimum atomic E-state index is -0.509. The summed E-state index contributed by atoms with van der Waals surface area (Å²) in [7, 11) is 1.62. The Morgan fingerprint density at radius 3 is 2.48 bits per heavy atom. The maximum atomic E-state index is 11.9. The van der Waals surface area contributed by atoms with Crippen molar-refractivity contribution >= 4 is 28.1 Å². The fourth-order valence-corrected chi connectivity index (χ4v) is 2.27. The first kappa shape index (κ1) is 15.3. The maximum Gasteiger partial charge on any atom is 0.350 e. The number of benzene rings is 1. The van der Waals surface area contributed by atoms with E-state index in [2.05, 4.69) is 10.3 Å². The van der Waals surface area contributed by atoms with E-state index in [1.807, 2.05) is 45.0 Å². The van der Waals surface area contributed by atoms with Gasteiger partial charge in [-0.15, -0.1) is 0 Å². The zero-order valence-corrected chi connectivity index (χ0v) is 13.3. The molecule has 2 rings (SSSR count). The molecule has 0 aliphatic carbocycles. The van der Waals surface area contributed by atoms with Crippen LogP contribution in [0, 0.1) is 0 Å². The Bertz CT molecular complexity index is 615. The summed E-state index contributed by atoms with van der Waals surface area (Å²) in [4.78, 5) is 16.6. The van der Waals surface area contributed by atoms with Crippen LogP contribution in [-0.4, -0.2) is 23.7 Å². The third-order valence-corrected chi connectivity index (χ3v) is 3.34. The van der Waals surface area contributed by atoms with Crippen molar-refractivity contribution in [1.29, 1.82) is 0 Å². The second kappa shape index (κ2) is 6.13. The van der Waals surface area contributed by atoms with Crippen LogP contribution in [0.2, 0.25) is 0 Å². The van der Waals surface area contributed by atoms with Gasteiger partial charge in [0.2, 0.25) is 0 Å². The number of esters is 1. The largest absolute Gasteiger partial charge is 0.497 e. The van der Waals surface area contributed by atoms with Gasteiger partial charge in [-0.2, -0.15) is 0 Å². The first-order valence-electron chi connectivity index (χ1n) is 6.47. The Morgan fingerprint density at radius 1 is 1.24 bits per heavy atom. The molecule has 0 spiro atoms. The first-order chi connectivity index (χ1) is 9.87. The summed E-state index contributed by atoms with van der Waals surface area (Å²) in [5, 5.41) is 3.78. The molecule has 0 saturated heterocycles. The number of methoxy groups -OCH3 is 1. The molecule has 21 heavy (non-hydrogen) atoms. The van der Waals surface area contributed by atoms with Crippen molar-refractivity contribution in [1.82, 2.24) is 4.98 Å². The average molecular weight is 306 g/mol. The lowest BCUT2D eigenvalue weighted by atomic mass is 10.2. The predicted molar refractivity (Wildman–Crippen MR) is 83.6 cm³/mol. The van der Waals surface area contributed by atoms with Crippen molar-refractivity contribution in [2.24, 2.45) is 0 Å². The highest BCUT2D eigenvalue weighted by Crippen LogP contribution is 2.25. The van der Waals surface area contributed by atoms with E-state index in [1.165, 1.54) is 17.5 Å². The topological polar surface area (TPSA) is 60.5 Å². The quantitative estimate of drug-likeness (QED) is 0.869. The minimum absolute atomic E-state index is 0.359. The molecule has 0 fully saturated rings. The predicted octanol–water partition coefficient (Wildman–Crippen LogP) is 3.85. The molecule has 1 N–H and O–H groups in total. The highest BCUT2D eigenvalue weighted by Gasteiger charge is 2.20. The van der Waals surface area contributed by atoms with Crippen LogP contribution in [0.15, 0.2) is 30.5 Å². The number of carbonyl (C=O) groups excluding carboxylic acids is 1. The Balaban J connectivity index is 2.04. The summed E-state index contributed by atoms with van der Waals surface area (Å²) < 4.78 is 10.4. The highest BCUT2D eigenvalue weighted by atomic mass is 32.1. The molecule has 112 valence electrons. The molecule has 0 aliphatic heterocycles. The number of aromatic nitrogens is 1. The second-order valence-electron chi connectivity index (χ2n) is 5.39. The van der Waals surface area contributed by atoms with E-state index < -0.39 is 5.60 Å². The molecular weight excluding hydrogens is 288 g/mol. The van der Waals surface area contributed by atoms with E-state index in [9.17, 15) is 4.79 Å². The van der Waals surface area contributed by atoms with Crippen LogP contribution < -0.4 is 10.1 Å². The van der Waals surface area contributed by atoms with E-state index >= 15 is 0 Å². The number of thiazole rings is 1. The molecule has 1 aromatic heterocycles. The van der Waals surface area contributed by atoms with Gasteiger partial charge in [0.25, 0.3) is 0 Å². The van der Waals surface area contributed by atoms with E-state index in [4.69, 9.17) is 9.47 Å². The van der Waals surface area contributed by atoms with Gasteiger partial charge < -0.3 is 14.8 Å². The molecule has 5 nitrogen and oxygen atoms in total. The fourth-order valence-electron chi connectivity index (χ4n) is 1.55. The van der Waals surface area contributed by atoms with Gasteiger partial charge >= 0.3 is 5.97 Å². The molecule has 2 aromatic rings. The number of ether oxygens (including phenoxy) is 2. The van der Waals surface area contributed by atoms with Crippen molar-refractivity contribution in [3.63, 3.8) is 0 Å². The molecule has 0 amide bonds. The zero-order valence-electron chi connectivity index (χ0n) is 12.5. The van der Waals surface area contributed by atoms with Gasteiger partial charge in [0.1, 0.15) is 16.2 Å². The summed E-state index contributed by atoms with van der Waals surface area (Å²) in [6.45, 7) is 5.51. The van der Waals surface area contributed by atoms with Crippen LogP contribution >= 0.6 is 11.3 Å². The van der Waals surface area contributed by atoms with E-state index in [0.717, 1.165) is 11.4 Å². The fraction of sp³-hybridized carbons (Fsp3) is 0.333. The molecular formula is C15H18N2O3S. The Morgan fingerprint density at radius 2 is 1.90 bits per heavy atom. The molecule has 0 unspecified atom stereocenters. The number of nitrogens with one attached hydrogen (secondary N) is 1. The summed E-state index contributed by atoms with van der Waals surface area (Å²) in [5.41, 5.74) is 0.367. The van der Waals surface area contributed by atoms with Crippen LogP contribution in [0.25, 0.3) is 0 Å². The van der Waals surface area contributed by atoms with Crippen LogP contribution in [0.4, 0.5) is 10.8 Å². The molecule has 0 radical (unpaired) electrons. The standard InChI is InChI=1S/C15H18N2O3S/c1-15(2,3)20-13(18)12-9-16-14(21-12)17-10-5-7-11(19-4)8-6-10/h5-9H,1-4H3,(H,16,17). The zero-order chi connectivity index (χ0) is 15.5. The maximum absolute atomic E-state index is 11.9. The van der Waals surface area contributed by atoms with Crippen LogP contribution in [0.3, 0.4) is 0 Å². The van der Waals surface area contributed by atoms with Gasteiger partial charge in [0.05, 0.1) is 13.3 Å². The molecule has 1 heterocycles.